The van der Waals surface area contributed by atoms with E-state index in [1.54, 1.807) is 19.1 Å². The van der Waals surface area contributed by atoms with E-state index in [0.717, 1.165) is 11.3 Å². The molecule has 4 nitrogen and oxygen atoms in total. The average molecular weight is 264 g/mol. The van der Waals surface area contributed by atoms with Crippen molar-refractivity contribution in [2.75, 3.05) is 14.2 Å². The average Bonchev–Trinajstić information content (AvgIpc) is 2.36. The maximum atomic E-state index is 12.2. The third-order valence-electron chi connectivity index (χ3n) is 3.15. The summed E-state index contributed by atoms with van der Waals surface area (Å²) in [6, 6.07) is 7.18. The SMILES string of the molecule is COc1ccc(CN(C)C(=O)C(N)C(C)(C)C)cc1. The van der Waals surface area contributed by atoms with Crippen molar-refractivity contribution < 1.29 is 9.53 Å². The number of likely N-dealkylation sites (N-methyl/N-ethyl adjacent to an activating group) is 1. The Hall–Kier alpha value is -1.55. The second-order valence-electron chi connectivity index (χ2n) is 5.89. The predicted molar refractivity (Wildman–Crippen MR) is 76.9 cm³/mol. The van der Waals surface area contributed by atoms with Crippen molar-refractivity contribution in [3.05, 3.63) is 29.8 Å². The highest BCUT2D eigenvalue weighted by molar-refractivity contribution is 5.82. The summed E-state index contributed by atoms with van der Waals surface area (Å²) >= 11 is 0. The van der Waals surface area contributed by atoms with Crippen molar-refractivity contribution >= 4 is 5.91 Å². The number of hydrogen-bond acceptors (Lipinski definition) is 3. The van der Waals surface area contributed by atoms with Crippen LogP contribution in [-0.2, 0) is 11.3 Å². The van der Waals surface area contributed by atoms with Gasteiger partial charge in [0.1, 0.15) is 5.75 Å². The molecule has 0 aliphatic carbocycles. The van der Waals surface area contributed by atoms with E-state index in [9.17, 15) is 4.79 Å². The summed E-state index contributed by atoms with van der Waals surface area (Å²) < 4.78 is 5.10. The molecule has 4 heteroatoms. The number of amides is 1. The fraction of sp³-hybridized carbons (Fsp3) is 0.533. The number of ether oxygens (including phenoxy) is 1. The Labute approximate surface area is 115 Å². The van der Waals surface area contributed by atoms with Crippen LogP contribution in [0.4, 0.5) is 0 Å². The van der Waals surface area contributed by atoms with E-state index < -0.39 is 6.04 Å². The van der Waals surface area contributed by atoms with Gasteiger partial charge in [-0.1, -0.05) is 32.9 Å². The molecule has 19 heavy (non-hydrogen) atoms. The Morgan fingerprint density at radius 2 is 1.84 bits per heavy atom. The van der Waals surface area contributed by atoms with Crippen LogP contribution in [0.3, 0.4) is 0 Å². The second kappa shape index (κ2) is 6.06. The summed E-state index contributed by atoms with van der Waals surface area (Å²) in [7, 11) is 3.41. The standard InChI is InChI=1S/C15H24N2O2/c1-15(2,3)13(16)14(18)17(4)10-11-6-8-12(19-5)9-7-11/h6-9,13H,10,16H2,1-5H3. The molecule has 0 saturated heterocycles. The lowest BCUT2D eigenvalue weighted by Crippen LogP contribution is -2.48. The summed E-state index contributed by atoms with van der Waals surface area (Å²) in [4.78, 5) is 13.9. The Morgan fingerprint density at radius 1 is 1.32 bits per heavy atom. The minimum Gasteiger partial charge on any atom is -0.497 e. The molecular weight excluding hydrogens is 240 g/mol. The molecule has 0 saturated carbocycles. The minimum absolute atomic E-state index is 0.0386. The number of methoxy groups -OCH3 is 1. The van der Waals surface area contributed by atoms with E-state index in [1.807, 2.05) is 45.0 Å². The maximum absolute atomic E-state index is 12.2. The van der Waals surface area contributed by atoms with E-state index in [2.05, 4.69) is 0 Å². The molecule has 0 radical (unpaired) electrons. The van der Waals surface area contributed by atoms with E-state index in [1.165, 1.54) is 0 Å². The summed E-state index contributed by atoms with van der Waals surface area (Å²) in [6.45, 7) is 6.46. The lowest BCUT2D eigenvalue weighted by atomic mass is 9.86. The summed E-state index contributed by atoms with van der Waals surface area (Å²) in [5.74, 6) is 0.771. The normalized spacial score (nSPS) is 12.9. The molecule has 1 amide bonds. The number of nitrogens with zero attached hydrogens (tertiary/aromatic N) is 1. The zero-order valence-corrected chi connectivity index (χ0v) is 12.4. The highest BCUT2D eigenvalue weighted by Gasteiger charge is 2.29. The zero-order chi connectivity index (χ0) is 14.6. The van der Waals surface area contributed by atoms with Gasteiger partial charge in [0.2, 0.25) is 5.91 Å². The van der Waals surface area contributed by atoms with Crippen LogP contribution in [-0.4, -0.2) is 31.0 Å². The van der Waals surface area contributed by atoms with Crippen LogP contribution in [0.5, 0.6) is 5.75 Å². The maximum Gasteiger partial charge on any atom is 0.240 e. The first kappa shape index (κ1) is 15.5. The summed E-state index contributed by atoms with van der Waals surface area (Å²) in [5.41, 5.74) is 6.81. The fourth-order valence-corrected chi connectivity index (χ4v) is 1.69. The van der Waals surface area contributed by atoms with Crippen molar-refractivity contribution in [3.63, 3.8) is 0 Å². The van der Waals surface area contributed by atoms with Crippen LogP contribution in [0.15, 0.2) is 24.3 Å². The molecule has 1 atom stereocenters. The smallest absolute Gasteiger partial charge is 0.240 e. The van der Waals surface area contributed by atoms with Crippen molar-refractivity contribution in [3.8, 4) is 5.75 Å². The number of carbonyl (C=O) groups excluding carboxylic acids is 1. The van der Waals surface area contributed by atoms with Crippen molar-refractivity contribution in [1.29, 1.82) is 0 Å². The highest BCUT2D eigenvalue weighted by Crippen LogP contribution is 2.20. The first-order chi connectivity index (χ1) is 8.75. The number of hydrogen-bond donors (Lipinski definition) is 1. The van der Waals surface area contributed by atoms with Crippen LogP contribution >= 0.6 is 0 Å². The molecule has 0 heterocycles. The van der Waals surface area contributed by atoms with Gasteiger partial charge in [-0.05, 0) is 23.1 Å². The first-order valence-electron chi connectivity index (χ1n) is 6.39. The van der Waals surface area contributed by atoms with Gasteiger partial charge in [0, 0.05) is 13.6 Å². The van der Waals surface area contributed by atoms with Crippen LogP contribution in [0.2, 0.25) is 0 Å². The third kappa shape index (κ3) is 4.24. The number of rotatable bonds is 4. The quantitative estimate of drug-likeness (QED) is 0.905. The Morgan fingerprint density at radius 3 is 2.26 bits per heavy atom. The zero-order valence-electron chi connectivity index (χ0n) is 12.4. The molecule has 0 bridgehead atoms. The van der Waals surface area contributed by atoms with Gasteiger partial charge >= 0.3 is 0 Å². The summed E-state index contributed by atoms with van der Waals surface area (Å²) in [5, 5.41) is 0. The number of carbonyl (C=O) groups is 1. The largest absolute Gasteiger partial charge is 0.497 e. The Bertz CT molecular complexity index is 421. The highest BCUT2D eigenvalue weighted by atomic mass is 16.5. The second-order valence-corrected chi connectivity index (χ2v) is 5.89. The molecule has 1 unspecified atom stereocenters. The number of nitrogens with two attached hydrogens (primary N) is 1. The van der Waals surface area contributed by atoms with E-state index in [4.69, 9.17) is 10.5 Å². The van der Waals surface area contributed by atoms with Crippen LogP contribution in [0, 0.1) is 5.41 Å². The molecule has 1 rings (SSSR count). The minimum atomic E-state index is -0.490. The molecule has 106 valence electrons. The van der Waals surface area contributed by atoms with Gasteiger partial charge in [-0.3, -0.25) is 4.79 Å². The van der Waals surface area contributed by atoms with Crippen LogP contribution < -0.4 is 10.5 Å². The number of benzene rings is 1. The lowest BCUT2D eigenvalue weighted by molar-refractivity contribution is -0.134. The van der Waals surface area contributed by atoms with Gasteiger partial charge in [-0.15, -0.1) is 0 Å². The van der Waals surface area contributed by atoms with Gasteiger partial charge in [-0.25, -0.2) is 0 Å². The molecule has 0 aromatic heterocycles. The molecular formula is C15H24N2O2. The van der Waals surface area contributed by atoms with Crippen molar-refractivity contribution in [2.24, 2.45) is 11.1 Å². The molecule has 1 aromatic carbocycles. The molecule has 1 aromatic rings. The third-order valence-corrected chi connectivity index (χ3v) is 3.15. The molecule has 0 spiro atoms. The molecule has 0 aliphatic heterocycles. The van der Waals surface area contributed by atoms with Gasteiger partial charge in [0.05, 0.1) is 13.2 Å². The van der Waals surface area contributed by atoms with Crippen LogP contribution in [0.1, 0.15) is 26.3 Å². The van der Waals surface area contributed by atoms with Crippen molar-refractivity contribution in [1.82, 2.24) is 4.90 Å². The molecule has 0 aliphatic rings. The topological polar surface area (TPSA) is 55.6 Å². The van der Waals surface area contributed by atoms with Gasteiger partial charge in [0.15, 0.2) is 0 Å². The Balaban J connectivity index is 2.68. The van der Waals surface area contributed by atoms with Gasteiger partial charge < -0.3 is 15.4 Å². The van der Waals surface area contributed by atoms with Gasteiger partial charge in [-0.2, -0.15) is 0 Å². The lowest BCUT2D eigenvalue weighted by Gasteiger charge is -2.30. The fourth-order valence-electron chi connectivity index (χ4n) is 1.69. The molecule has 2 N–H and O–H groups in total. The van der Waals surface area contributed by atoms with Crippen molar-refractivity contribution in [2.45, 2.75) is 33.4 Å². The predicted octanol–water partition coefficient (Wildman–Crippen LogP) is 2.03. The van der Waals surface area contributed by atoms with Crippen LogP contribution in [0.25, 0.3) is 0 Å². The summed E-state index contributed by atoms with van der Waals surface area (Å²) in [6.07, 6.45) is 0. The monoisotopic (exact) mass is 264 g/mol. The molecule has 0 fully saturated rings. The Kier molecular flexibility index (Phi) is 4.95. The van der Waals surface area contributed by atoms with Gasteiger partial charge in [0.25, 0.3) is 0 Å². The first-order valence-corrected chi connectivity index (χ1v) is 6.39. The van der Waals surface area contributed by atoms with E-state index in [0.29, 0.717) is 6.54 Å². The van der Waals surface area contributed by atoms with E-state index >= 15 is 0 Å². The van der Waals surface area contributed by atoms with E-state index in [-0.39, 0.29) is 11.3 Å².